The summed E-state index contributed by atoms with van der Waals surface area (Å²) < 4.78 is 0. The van der Waals surface area contributed by atoms with Crippen molar-refractivity contribution in [2.45, 2.75) is 0 Å². The number of nitrogens with one attached hydrogen (secondary N) is 2. The Labute approximate surface area is 175 Å². The first-order valence-electron chi connectivity index (χ1n) is 10.1. The zero-order valence-electron chi connectivity index (χ0n) is 16.5. The highest BCUT2D eigenvalue weighted by molar-refractivity contribution is 5.94. The van der Waals surface area contributed by atoms with Crippen molar-refractivity contribution in [3.05, 3.63) is 67.0 Å². The number of para-hydroxylation sites is 1. The van der Waals surface area contributed by atoms with Gasteiger partial charge >= 0.3 is 0 Å². The Morgan fingerprint density at radius 2 is 1.80 bits per heavy atom. The molecule has 3 heterocycles. The van der Waals surface area contributed by atoms with E-state index >= 15 is 0 Å². The summed E-state index contributed by atoms with van der Waals surface area (Å²) in [6.07, 6.45) is 3.66. The maximum Gasteiger partial charge on any atom is 0.227 e. The number of benzene rings is 2. The van der Waals surface area contributed by atoms with Crippen LogP contribution in [0.3, 0.4) is 0 Å². The summed E-state index contributed by atoms with van der Waals surface area (Å²) in [6, 6.07) is 18.0. The van der Waals surface area contributed by atoms with Crippen LogP contribution in [0, 0.1) is 0 Å². The van der Waals surface area contributed by atoms with E-state index in [1.807, 2.05) is 60.9 Å². The van der Waals surface area contributed by atoms with Gasteiger partial charge in [-0.05, 0) is 29.8 Å². The predicted octanol–water partition coefficient (Wildman–Crippen LogP) is 3.43. The molecule has 2 aromatic carbocycles. The van der Waals surface area contributed by atoms with Crippen LogP contribution in [0.4, 0.5) is 23.1 Å². The Balaban J connectivity index is 1.43. The van der Waals surface area contributed by atoms with Gasteiger partial charge in [-0.3, -0.25) is 0 Å². The molecule has 2 aromatic heterocycles. The van der Waals surface area contributed by atoms with Crippen molar-refractivity contribution >= 4 is 34.0 Å². The SMILES string of the molecule is Nc1cccc(-c2cccc3cnc(Nc4ccc(N5CCNCC5)nc4)nc23)c1. The summed E-state index contributed by atoms with van der Waals surface area (Å²) in [7, 11) is 0. The first kappa shape index (κ1) is 18.3. The zero-order valence-corrected chi connectivity index (χ0v) is 16.5. The molecule has 5 rings (SSSR count). The second kappa shape index (κ2) is 7.96. The Hall–Kier alpha value is -3.71. The molecule has 0 radical (unpaired) electrons. The van der Waals surface area contributed by atoms with Crippen molar-refractivity contribution in [2.24, 2.45) is 0 Å². The standard InChI is InChI=1S/C23H23N7/c24-18-5-1-3-16(13-18)20-6-2-4-17-14-27-23(29-22(17)20)28-19-7-8-21(26-15-19)30-11-9-25-10-12-30/h1-8,13-15,25H,9-12,24H2,(H,27,28,29). The fourth-order valence-corrected chi connectivity index (χ4v) is 3.73. The molecule has 4 N–H and O–H groups in total. The van der Waals surface area contributed by atoms with Gasteiger partial charge in [-0.2, -0.15) is 0 Å². The van der Waals surface area contributed by atoms with Gasteiger partial charge in [0.05, 0.1) is 17.4 Å². The molecule has 0 unspecified atom stereocenters. The van der Waals surface area contributed by atoms with Gasteiger partial charge in [0.15, 0.2) is 0 Å². The lowest BCUT2D eigenvalue weighted by molar-refractivity contribution is 0.585. The number of hydrogen-bond acceptors (Lipinski definition) is 7. The Morgan fingerprint density at radius 3 is 2.60 bits per heavy atom. The van der Waals surface area contributed by atoms with Gasteiger partial charge in [0.1, 0.15) is 5.82 Å². The molecule has 0 amide bonds. The number of hydrogen-bond donors (Lipinski definition) is 3. The molecular formula is C23H23N7. The molecule has 0 spiro atoms. The number of nitrogens with two attached hydrogens (primary N) is 1. The van der Waals surface area contributed by atoms with E-state index in [4.69, 9.17) is 10.7 Å². The monoisotopic (exact) mass is 397 g/mol. The third-order valence-electron chi connectivity index (χ3n) is 5.25. The smallest absolute Gasteiger partial charge is 0.227 e. The van der Waals surface area contributed by atoms with E-state index in [1.165, 1.54) is 0 Å². The lowest BCUT2D eigenvalue weighted by Crippen LogP contribution is -2.43. The van der Waals surface area contributed by atoms with Gasteiger partial charge in [0.25, 0.3) is 0 Å². The van der Waals surface area contributed by atoms with Gasteiger partial charge < -0.3 is 21.3 Å². The van der Waals surface area contributed by atoms with Crippen molar-refractivity contribution in [1.29, 1.82) is 0 Å². The van der Waals surface area contributed by atoms with E-state index in [2.05, 4.69) is 31.6 Å². The Kier molecular flexibility index (Phi) is 4.86. The number of rotatable bonds is 4. The molecule has 0 saturated carbocycles. The van der Waals surface area contributed by atoms with E-state index in [0.717, 1.165) is 65.4 Å². The molecule has 7 nitrogen and oxygen atoms in total. The molecule has 7 heteroatoms. The normalized spacial score (nSPS) is 14.1. The van der Waals surface area contributed by atoms with Gasteiger partial charge in [-0.25, -0.2) is 15.0 Å². The van der Waals surface area contributed by atoms with Crippen LogP contribution < -0.4 is 21.3 Å². The minimum Gasteiger partial charge on any atom is -0.399 e. The number of nitrogen functional groups attached to an aromatic ring is 1. The lowest BCUT2D eigenvalue weighted by atomic mass is 10.0. The van der Waals surface area contributed by atoms with Crippen molar-refractivity contribution in [3.63, 3.8) is 0 Å². The lowest BCUT2D eigenvalue weighted by Gasteiger charge is -2.28. The fraction of sp³-hybridized carbons (Fsp3) is 0.174. The van der Waals surface area contributed by atoms with Gasteiger partial charge in [0, 0.05) is 49.0 Å². The van der Waals surface area contributed by atoms with E-state index in [0.29, 0.717) is 5.95 Å². The van der Waals surface area contributed by atoms with E-state index in [1.54, 1.807) is 0 Å². The number of piperazine rings is 1. The van der Waals surface area contributed by atoms with Crippen LogP contribution in [0.5, 0.6) is 0 Å². The zero-order chi connectivity index (χ0) is 20.3. The Bertz CT molecular complexity index is 1170. The molecule has 1 aliphatic heterocycles. The first-order chi connectivity index (χ1) is 14.8. The average Bonchev–Trinajstić information content (AvgIpc) is 2.80. The summed E-state index contributed by atoms with van der Waals surface area (Å²) in [6.45, 7) is 3.92. The highest BCUT2D eigenvalue weighted by Crippen LogP contribution is 2.29. The first-order valence-corrected chi connectivity index (χ1v) is 10.1. The number of fused-ring (bicyclic) bond motifs is 1. The van der Waals surface area contributed by atoms with E-state index in [9.17, 15) is 0 Å². The molecule has 30 heavy (non-hydrogen) atoms. The largest absolute Gasteiger partial charge is 0.399 e. The predicted molar refractivity (Wildman–Crippen MR) is 122 cm³/mol. The second-order valence-corrected chi connectivity index (χ2v) is 7.33. The summed E-state index contributed by atoms with van der Waals surface area (Å²) in [4.78, 5) is 16.1. The summed E-state index contributed by atoms with van der Waals surface area (Å²) in [5.41, 5.74) is 10.5. The topological polar surface area (TPSA) is 92.0 Å². The molecule has 4 aromatic rings. The summed E-state index contributed by atoms with van der Waals surface area (Å²) in [5, 5.41) is 7.61. The highest BCUT2D eigenvalue weighted by Gasteiger charge is 2.12. The molecule has 1 fully saturated rings. The average molecular weight is 397 g/mol. The number of nitrogens with zero attached hydrogens (tertiary/aromatic N) is 4. The summed E-state index contributed by atoms with van der Waals surface area (Å²) in [5.74, 6) is 1.53. The molecule has 150 valence electrons. The molecule has 0 bridgehead atoms. The third-order valence-corrected chi connectivity index (χ3v) is 5.25. The second-order valence-electron chi connectivity index (χ2n) is 7.33. The minimum atomic E-state index is 0.538. The number of anilines is 4. The van der Waals surface area contributed by atoms with Crippen molar-refractivity contribution in [1.82, 2.24) is 20.3 Å². The molecule has 1 saturated heterocycles. The third kappa shape index (κ3) is 3.75. The van der Waals surface area contributed by atoms with Crippen LogP contribution in [0.15, 0.2) is 67.0 Å². The maximum absolute atomic E-state index is 5.98. The van der Waals surface area contributed by atoms with Crippen LogP contribution in [0.2, 0.25) is 0 Å². The van der Waals surface area contributed by atoms with E-state index < -0.39 is 0 Å². The fourth-order valence-electron chi connectivity index (χ4n) is 3.73. The van der Waals surface area contributed by atoms with Crippen LogP contribution in [0.25, 0.3) is 22.0 Å². The number of aromatic nitrogens is 3. The van der Waals surface area contributed by atoms with Gasteiger partial charge in [0.2, 0.25) is 5.95 Å². The quantitative estimate of drug-likeness (QED) is 0.454. The highest BCUT2D eigenvalue weighted by atomic mass is 15.2. The molecular weight excluding hydrogens is 374 g/mol. The molecule has 0 atom stereocenters. The van der Waals surface area contributed by atoms with Crippen LogP contribution >= 0.6 is 0 Å². The van der Waals surface area contributed by atoms with Crippen molar-refractivity contribution in [3.8, 4) is 11.1 Å². The van der Waals surface area contributed by atoms with Gasteiger partial charge in [-0.1, -0.05) is 30.3 Å². The molecule has 1 aliphatic rings. The van der Waals surface area contributed by atoms with Crippen LogP contribution in [0.1, 0.15) is 0 Å². The van der Waals surface area contributed by atoms with Crippen LogP contribution in [-0.4, -0.2) is 41.1 Å². The van der Waals surface area contributed by atoms with Crippen LogP contribution in [-0.2, 0) is 0 Å². The Morgan fingerprint density at radius 1 is 0.933 bits per heavy atom. The van der Waals surface area contributed by atoms with E-state index in [-0.39, 0.29) is 0 Å². The molecule has 0 aliphatic carbocycles. The maximum atomic E-state index is 5.98. The van der Waals surface area contributed by atoms with Crippen molar-refractivity contribution in [2.75, 3.05) is 42.1 Å². The van der Waals surface area contributed by atoms with Crippen molar-refractivity contribution < 1.29 is 0 Å². The summed E-state index contributed by atoms with van der Waals surface area (Å²) >= 11 is 0. The number of pyridine rings is 1. The van der Waals surface area contributed by atoms with Gasteiger partial charge in [-0.15, -0.1) is 0 Å². The minimum absolute atomic E-state index is 0.538.